The normalized spacial score (nSPS) is 15.4. The number of guanidine groups is 1. The number of quaternary nitrogens is 1. The molecule has 2 rings (SSSR count). The molecule has 272 valence electrons. The average Bonchev–Trinajstić information content (AvgIpc) is 3.05. The third-order valence-electron chi connectivity index (χ3n) is 6.98. The van der Waals surface area contributed by atoms with Crippen LogP contribution in [0, 0.1) is 11.8 Å². The Morgan fingerprint density at radius 1 is 0.776 bits per heavy atom. The van der Waals surface area contributed by atoms with Crippen molar-refractivity contribution in [3.8, 4) is 0 Å². The number of nitrogens with two attached hydrogens (primary N) is 1. The van der Waals surface area contributed by atoms with Gasteiger partial charge in [-0.3, -0.25) is 4.84 Å². The predicted molar refractivity (Wildman–Crippen MR) is 182 cm³/mol. The van der Waals surface area contributed by atoms with Gasteiger partial charge in [-0.25, -0.2) is 28.0 Å². The molecule has 3 atom stereocenters. The number of ether oxygens (including phenoxy) is 4. The molecular weight excluding hydrogens is 657 g/mol. The van der Waals surface area contributed by atoms with Crippen molar-refractivity contribution in [2.45, 2.75) is 79.8 Å². The molecule has 2 N–H and O–H groups in total. The van der Waals surface area contributed by atoms with Crippen LogP contribution in [0.1, 0.15) is 65.5 Å². The molecule has 0 aliphatic heterocycles. The van der Waals surface area contributed by atoms with Gasteiger partial charge in [-0.05, 0) is 43.7 Å². The second kappa shape index (κ2) is 20.5. The Hall–Kier alpha value is -3.97. The molecule has 0 heterocycles. The van der Waals surface area contributed by atoms with E-state index < -0.39 is 61.0 Å². The maximum atomic E-state index is 14.4. The fraction of sp³-hybridized carbons (Fsp3) is 0.529. The van der Waals surface area contributed by atoms with Gasteiger partial charge >= 0.3 is 32.0 Å². The van der Waals surface area contributed by atoms with Crippen LogP contribution in [-0.2, 0) is 55.0 Å². The van der Waals surface area contributed by atoms with Crippen LogP contribution in [0.15, 0.2) is 65.4 Å². The molecule has 49 heavy (non-hydrogen) atoms. The van der Waals surface area contributed by atoms with Crippen molar-refractivity contribution in [3.05, 3.63) is 71.8 Å². The molecule has 0 fully saturated rings. The summed E-state index contributed by atoms with van der Waals surface area (Å²) in [4.78, 5) is 42.4. The molecule has 15 heteroatoms. The summed E-state index contributed by atoms with van der Waals surface area (Å²) >= 11 is 0. The molecule has 0 amide bonds. The number of hydrogen-bond acceptors (Lipinski definition) is 11. The minimum Gasteiger partial charge on any atom is -0.434 e. The van der Waals surface area contributed by atoms with E-state index in [1.807, 2.05) is 60.7 Å². The smallest absolute Gasteiger partial charge is 0.434 e. The lowest BCUT2D eigenvalue weighted by Crippen LogP contribution is -2.54. The van der Waals surface area contributed by atoms with Gasteiger partial charge in [0.05, 0.1) is 13.2 Å². The molecule has 0 radical (unpaired) electrons. The van der Waals surface area contributed by atoms with Gasteiger partial charge in [0.1, 0.15) is 13.6 Å². The van der Waals surface area contributed by atoms with E-state index in [9.17, 15) is 18.9 Å². The first kappa shape index (κ1) is 41.2. The first-order valence-electron chi connectivity index (χ1n) is 16.3. The van der Waals surface area contributed by atoms with Gasteiger partial charge in [-0.15, -0.1) is 4.76 Å². The zero-order chi connectivity index (χ0) is 36.5. The number of rotatable bonds is 18. The number of hydrogen-bond donors (Lipinski definition) is 1. The molecule has 0 aliphatic carbocycles. The summed E-state index contributed by atoms with van der Waals surface area (Å²) in [7, 11) is -3.40. The lowest BCUT2D eigenvalue weighted by Gasteiger charge is -2.30. The highest BCUT2D eigenvalue weighted by Gasteiger charge is 2.42. The van der Waals surface area contributed by atoms with E-state index in [0.717, 1.165) is 11.1 Å². The molecule has 2 aromatic rings. The predicted octanol–water partition coefficient (Wildman–Crippen LogP) is 6.92. The fourth-order valence-electron chi connectivity index (χ4n) is 4.08. The third-order valence-corrected chi connectivity index (χ3v) is 8.37. The highest BCUT2D eigenvalue weighted by molar-refractivity contribution is 7.52. The standard InChI is InChI=1S/C34H51N3O11P/c1-8-37(7,46-27(6)38)32(35)36-49(41,47-30(25(2)3)44-33(39)42-23-15-21-28-17-11-9-12-18-28)48-31(26(4)5)45-34(40)43-24-16-22-29-19-13-10-14-20-29/h9-14,17-20,25-26,30-31H,8,15-16,21-24H2,1-7H3,(H2,35,36,41)/q+1. The number of carbonyl (C=O) groups is 3. The van der Waals surface area contributed by atoms with Crippen LogP contribution < -0.4 is 5.73 Å². The molecule has 0 bridgehead atoms. The minimum absolute atomic E-state index is 0.0588. The Kier molecular flexibility index (Phi) is 17.3. The summed E-state index contributed by atoms with van der Waals surface area (Å²) in [6.45, 7) is 9.59. The third kappa shape index (κ3) is 15.4. The van der Waals surface area contributed by atoms with Crippen LogP contribution in [-0.4, -0.2) is 68.3 Å². The van der Waals surface area contributed by atoms with Crippen molar-refractivity contribution < 1.29 is 56.4 Å². The first-order chi connectivity index (χ1) is 23.2. The molecule has 14 nitrogen and oxygen atoms in total. The maximum Gasteiger partial charge on any atom is 0.510 e. The summed E-state index contributed by atoms with van der Waals surface area (Å²) in [5, 5.41) is 0. The van der Waals surface area contributed by atoms with Crippen molar-refractivity contribution >= 4 is 32.0 Å². The Bertz CT molecular complexity index is 1310. The Morgan fingerprint density at radius 3 is 1.53 bits per heavy atom. The quantitative estimate of drug-likeness (QED) is 0.0248. The van der Waals surface area contributed by atoms with Crippen LogP contribution in [0.2, 0.25) is 0 Å². The zero-order valence-corrected chi connectivity index (χ0v) is 30.3. The van der Waals surface area contributed by atoms with Crippen LogP contribution in [0.4, 0.5) is 9.59 Å². The highest BCUT2D eigenvalue weighted by Crippen LogP contribution is 2.54. The van der Waals surface area contributed by atoms with Gasteiger partial charge in [-0.2, -0.15) is 0 Å². The van der Waals surface area contributed by atoms with E-state index in [-0.39, 0.29) is 19.8 Å². The summed E-state index contributed by atoms with van der Waals surface area (Å²) in [5.41, 5.74) is 8.38. The van der Waals surface area contributed by atoms with Crippen LogP contribution in [0.25, 0.3) is 0 Å². The molecule has 0 aliphatic rings. The largest absolute Gasteiger partial charge is 0.510 e. The lowest BCUT2D eigenvalue weighted by atomic mass is 10.1. The maximum absolute atomic E-state index is 14.4. The van der Waals surface area contributed by atoms with E-state index in [0.29, 0.717) is 25.7 Å². The van der Waals surface area contributed by atoms with Crippen molar-refractivity contribution in [1.82, 2.24) is 0 Å². The van der Waals surface area contributed by atoms with Gasteiger partial charge in [0.25, 0.3) is 0 Å². The van der Waals surface area contributed by atoms with E-state index in [2.05, 4.69) is 4.76 Å². The van der Waals surface area contributed by atoms with Crippen LogP contribution in [0.5, 0.6) is 0 Å². The Labute approximate surface area is 288 Å². The number of nitrogens with zero attached hydrogens (tertiary/aromatic N) is 2. The molecule has 0 spiro atoms. The summed E-state index contributed by atoms with van der Waals surface area (Å²) in [6, 6.07) is 19.4. The topological polar surface area (TPSA) is 171 Å². The molecule has 3 unspecified atom stereocenters. The lowest BCUT2D eigenvalue weighted by molar-refractivity contribution is -1.00. The first-order valence-corrected chi connectivity index (χ1v) is 17.8. The number of carbonyl (C=O) groups excluding carboxylic acids is 3. The van der Waals surface area contributed by atoms with Crippen molar-refractivity contribution in [2.24, 2.45) is 22.3 Å². The zero-order valence-electron chi connectivity index (χ0n) is 29.4. The molecule has 0 saturated carbocycles. The SMILES string of the molecule is CC[N+](C)(OC(C)=O)C(N)=NP(=O)(OC(OC(=O)OCCCc1ccccc1)C(C)C)OC(OC(=O)OCCCc1ccccc1)C(C)C. The van der Waals surface area contributed by atoms with Crippen LogP contribution >= 0.6 is 7.75 Å². The minimum atomic E-state index is -4.81. The van der Waals surface area contributed by atoms with Gasteiger partial charge < -0.3 is 24.7 Å². The molecular formula is C34H51N3O11P+. The number of aryl methyl sites for hydroxylation is 2. The molecule has 0 saturated heterocycles. The van der Waals surface area contributed by atoms with E-state index in [1.54, 1.807) is 34.6 Å². The van der Waals surface area contributed by atoms with Gasteiger partial charge in [0.2, 0.25) is 12.6 Å². The fourth-order valence-corrected chi connectivity index (χ4v) is 5.76. The number of hydroxylamine groups is 3. The number of benzene rings is 2. The summed E-state index contributed by atoms with van der Waals surface area (Å²) < 4.78 is 50.3. The summed E-state index contributed by atoms with van der Waals surface area (Å²) in [6.07, 6.45) is -2.72. The highest BCUT2D eigenvalue weighted by atomic mass is 31.2. The van der Waals surface area contributed by atoms with Gasteiger partial charge in [0.15, 0.2) is 0 Å². The molecule has 0 aromatic heterocycles. The van der Waals surface area contributed by atoms with Crippen molar-refractivity contribution in [2.75, 3.05) is 26.8 Å². The second-order valence-electron chi connectivity index (χ2n) is 12.0. The van der Waals surface area contributed by atoms with Gasteiger partial charge in [0, 0.05) is 18.8 Å². The van der Waals surface area contributed by atoms with E-state index in [4.69, 9.17) is 38.6 Å². The van der Waals surface area contributed by atoms with Crippen molar-refractivity contribution in [1.29, 1.82) is 0 Å². The van der Waals surface area contributed by atoms with E-state index >= 15 is 0 Å². The Balaban J connectivity index is 2.20. The molecule has 2 aromatic carbocycles. The average molecular weight is 709 g/mol. The monoisotopic (exact) mass is 708 g/mol. The van der Waals surface area contributed by atoms with E-state index in [1.165, 1.54) is 14.0 Å². The Morgan fingerprint density at radius 2 is 1.18 bits per heavy atom. The second-order valence-corrected chi connectivity index (χ2v) is 13.5. The summed E-state index contributed by atoms with van der Waals surface area (Å²) in [5.74, 6) is -2.31. The van der Waals surface area contributed by atoms with Crippen LogP contribution in [0.3, 0.4) is 0 Å². The van der Waals surface area contributed by atoms with Gasteiger partial charge in [-0.1, -0.05) is 93.0 Å². The van der Waals surface area contributed by atoms with Crippen molar-refractivity contribution in [3.63, 3.8) is 0 Å².